The maximum atomic E-state index is 12.8. The number of alkyl halides is 3. The number of carbonyl (C=O) groups excluding carboxylic acids is 1. The van der Waals surface area contributed by atoms with Crippen LogP contribution in [0.1, 0.15) is 34.5 Å². The van der Waals surface area contributed by atoms with Crippen LogP contribution in [0.3, 0.4) is 0 Å². The Labute approximate surface area is 186 Å². The van der Waals surface area contributed by atoms with E-state index in [9.17, 15) is 18.0 Å². The van der Waals surface area contributed by atoms with E-state index < -0.39 is 12.1 Å². The number of halogens is 3. The van der Waals surface area contributed by atoms with Crippen LogP contribution in [0.5, 0.6) is 5.88 Å². The Morgan fingerprint density at radius 1 is 1.34 bits per heavy atom. The number of carboxylic acids is 1. The molecule has 4 heterocycles. The van der Waals surface area contributed by atoms with E-state index in [2.05, 4.69) is 4.98 Å². The molecule has 2 aromatic heterocycles. The van der Waals surface area contributed by atoms with Crippen molar-refractivity contribution in [1.82, 2.24) is 9.88 Å². The average molecular weight is 472 g/mol. The molecule has 2 aromatic rings. The number of hydrogen-bond donors (Lipinski definition) is 1. The zero-order valence-electron chi connectivity index (χ0n) is 17.3. The molecule has 0 aromatic carbocycles. The first-order valence-electron chi connectivity index (χ1n) is 9.95. The molecular formula is C21H23F3N2O5S. The SMILES string of the molecule is Cc1ccsc1C(=O)N1CCC[C@]2(C[C@@H](Oc3ccccn3)CO2)C1.O=C(O)C(F)(F)F. The van der Waals surface area contributed by atoms with Gasteiger partial charge in [0, 0.05) is 25.2 Å². The second kappa shape index (κ2) is 9.86. The number of carboxylic acid groups (broad SMARTS) is 1. The van der Waals surface area contributed by atoms with Crippen molar-refractivity contribution in [1.29, 1.82) is 0 Å². The maximum absolute atomic E-state index is 12.8. The molecule has 174 valence electrons. The third-order valence-corrected chi connectivity index (χ3v) is 6.23. The van der Waals surface area contributed by atoms with Crippen molar-refractivity contribution in [3.05, 3.63) is 46.3 Å². The molecule has 4 rings (SSSR count). The zero-order chi connectivity index (χ0) is 23.4. The van der Waals surface area contributed by atoms with Gasteiger partial charge in [-0.15, -0.1) is 11.3 Å². The van der Waals surface area contributed by atoms with Gasteiger partial charge in [0.05, 0.1) is 23.6 Å². The molecule has 2 fully saturated rings. The summed E-state index contributed by atoms with van der Waals surface area (Å²) in [6.45, 7) is 3.99. The Morgan fingerprint density at radius 2 is 2.09 bits per heavy atom. The lowest BCUT2D eigenvalue weighted by molar-refractivity contribution is -0.192. The first kappa shape index (κ1) is 24.0. The first-order chi connectivity index (χ1) is 15.1. The fraction of sp³-hybridized carbons (Fsp3) is 0.476. The molecule has 1 spiro atoms. The molecule has 0 aliphatic carbocycles. The van der Waals surface area contributed by atoms with Gasteiger partial charge in [-0.05, 0) is 42.8 Å². The molecular weight excluding hydrogens is 449 g/mol. The summed E-state index contributed by atoms with van der Waals surface area (Å²) in [5.74, 6) is -2.00. The largest absolute Gasteiger partial charge is 0.490 e. The molecule has 0 bridgehead atoms. The number of aliphatic carboxylic acids is 1. The summed E-state index contributed by atoms with van der Waals surface area (Å²) in [7, 11) is 0. The monoisotopic (exact) mass is 472 g/mol. The number of rotatable bonds is 3. The first-order valence-corrected chi connectivity index (χ1v) is 10.8. The lowest BCUT2D eigenvalue weighted by atomic mass is 9.89. The van der Waals surface area contributed by atoms with E-state index in [0.29, 0.717) is 19.0 Å². The number of aromatic nitrogens is 1. The van der Waals surface area contributed by atoms with Crippen LogP contribution < -0.4 is 4.74 Å². The van der Waals surface area contributed by atoms with E-state index in [4.69, 9.17) is 19.4 Å². The maximum Gasteiger partial charge on any atom is 0.490 e. The van der Waals surface area contributed by atoms with Crippen molar-refractivity contribution in [2.45, 2.75) is 44.1 Å². The van der Waals surface area contributed by atoms with E-state index in [0.717, 1.165) is 36.2 Å². The lowest BCUT2D eigenvalue weighted by Gasteiger charge is -2.39. The third-order valence-electron chi connectivity index (χ3n) is 5.23. The summed E-state index contributed by atoms with van der Waals surface area (Å²) in [6, 6.07) is 7.65. The Morgan fingerprint density at radius 3 is 2.69 bits per heavy atom. The summed E-state index contributed by atoms with van der Waals surface area (Å²) in [4.78, 5) is 28.7. The Kier molecular flexibility index (Phi) is 7.40. The van der Waals surface area contributed by atoms with Crippen LogP contribution in [0.4, 0.5) is 13.2 Å². The van der Waals surface area contributed by atoms with Crippen LogP contribution in [0.15, 0.2) is 35.8 Å². The van der Waals surface area contributed by atoms with Crippen molar-refractivity contribution >= 4 is 23.2 Å². The number of hydrogen-bond acceptors (Lipinski definition) is 6. The van der Waals surface area contributed by atoms with Crippen molar-refractivity contribution in [3.63, 3.8) is 0 Å². The van der Waals surface area contributed by atoms with Crippen LogP contribution in [0.25, 0.3) is 0 Å². The molecule has 0 radical (unpaired) electrons. The van der Waals surface area contributed by atoms with Gasteiger partial charge in [0.15, 0.2) is 0 Å². The number of aryl methyl sites for hydroxylation is 1. The smallest absolute Gasteiger partial charge is 0.475 e. The van der Waals surface area contributed by atoms with E-state index in [1.54, 1.807) is 6.20 Å². The van der Waals surface area contributed by atoms with Gasteiger partial charge >= 0.3 is 12.1 Å². The van der Waals surface area contributed by atoms with Gasteiger partial charge < -0.3 is 19.5 Å². The van der Waals surface area contributed by atoms with Gasteiger partial charge in [-0.1, -0.05) is 6.07 Å². The molecule has 1 N–H and O–H groups in total. The highest BCUT2D eigenvalue weighted by Crippen LogP contribution is 2.36. The fourth-order valence-electron chi connectivity index (χ4n) is 3.76. The van der Waals surface area contributed by atoms with Crippen LogP contribution in [0.2, 0.25) is 0 Å². The number of ether oxygens (including phenoxy) is 2. The molecule has 32 heavy (non-hydrogen) atoms. The molecule has 2 aliphatic rings. The van der Waals surface area contributed by atoms with Crippen LogP contribution in [0, 0.1) is 6.92 Å². The molecule has 7 nitrogen and oxygen atoms in total. The van der Waals surface area contributed by atoms with Crippen molar-refractivity contribution in [2.75, 3.05) is 19.7 Å². The van der Waals surface area contributed by atoms with Crippen molar-refractivity contribution in [3.8, 4) is 5.88 Å². The predicted molar refractivity (Wildman–Crippen MR) is 110 cm³/mol. The topological polar surface area (TPSA) is 89.0 Å². The third kappa shape index (κ3) is 5.98. The summed E-state index contributed by atoms with van der Waals surface area (Å²) in [5, 5.41) is 9.10. The predicted octanol–water partition coefficient (Wildman–Crippen LogP) is 3.93. The summed E-state index contributed by atoms with van der Waals surface area (Å²) in [5.41, 5.74) is 0.775. The number of amides is 1. The molecule has 2 aliphatic heterocycles. The van der Waals surface area contributed by atoms with Gasteiger partial charge in [-0.2, -0.15) is 13.2 Å². The molecule has 2 saturated heterocycles. The minimum absolute atomic E-state index is 0.00609. The second-order valence-corrected chi connectivity index (χ2v) is 8.59. The Hall–Kier alpha value is -2.66. The quantitative estimate of drug-likeness (QED) is 0.728. The lowest BCUT2D eigenvalue weighted by Crippen LogP contribution is -2.50. The number of nitrogens with zero attached hydrogens (tertiary/aromatic N) is 2. The van der Waals surface area contributed by atoms with Gasteiger partial charge in [0.1, 0.15) is 6.10 Å². The summed E-state index contributed by atoms with van der Waals surface area (Å²) >= 11 is 1.52. The van der Waals surface area contributed by atoms with E-state index in [-0.39, 0.29) is 17.6 Å². The van der Waals surface area contributed by atoms with Gasteiger partial charge in [-0.25, -0.2) is 9.78 Å². The number of piperidine rings is 1. The molecule has 1 amide bonds. The van der Waals surface area contributed by atoms with Crippen LogP contribution >= 0.6 is 11.3 Å². The molecule has 0 unspecified atom stereocenters. The normalized spacial score (nSPS) is 22.9. The molecule has 2 atom stereocenters. The highest BCUT2D eigenvalue weighted by Gasteiger charge is 2.45. The number of thiophene rings is 1. The molecule has 0 saturated carbocycles. The van der Waals surface area contributed by atoms with Gasteiger partial charge in [0.25, 0.3) is 5.91 Å². The van der Waals surface area contributed by atoms with Gasteiger partial charge in [0.2, 0.25) is 5.88 Å². The standard InChI is InChI=1S/C19H22N2O3S.C2HF3O2/c1-14-6-10-25-17(14)18(22)21-9-4-7-19(13-21)11-15(12-23-19)24-16-5-2-3-8-20-16;3-2(4,5)1(6)7/h2-3,5-6,8,10,15H,4,7,9,11-13H2,1H3;(H,6,7)/t15-,19+;/m1./s1. The minimum atomic E-state index is -5.08. The Balaban J connectivity index is 0.000000360. The molecule has 11 heteroatoms. The number of carbonyl (C=O) groups is 2. The number of likely N-dealkylation sites (tertiary alicyclic amines) is 1. The highest BCUT2D eigenvalue weighted by molar-refractivity contribution is 7.12. The van der Waals surface area contributed by atoms with E-state index in [1.807, 2.05) is 41.5 Å². The fourth-order valence-corrected chi connectivity index (χ4v) is 4.65. The van der Waals surface area contributed by atoms with Crippen LogP contribution in [-0.4, -0.2) is 64.4 Å². The summed E-state index contributed by atoms with van der Waals surface area (Å²) < 4.78 is 43.8. The highest BCUT2D eigenvalue weighted by atomic mass is 32.1. The van der Waals surface area contributed by atoms with E-state index >= 15 is 0 Å². The van der Waals surface area contributed by atoms with Gasteiger partial charge in [-0.3, -0.25) is 4.79 Å². The van der Waals surface area contributed by atoms with Crippen LogP contribution in [-0.2, 0) is 9.53 Å². The minimum Gasteiger partial charge on any atom is -0.475 e. The second-order valence-electron chi connectivity index (χ2n) is 7.67. The summed E-state index contributed by atoms with van der Waals surface area (Å²) in [6.07, 6.45) is -0.620. The number of pyridine rings is 1. The zero-order valence-corrected chi connectivity index (χ0v) is 18.1. The Bertz CT molecular complexity index is 937. The van der Waals surface area contributed by atoms with Crippen molar-refractivity contribution < 1.29 is 37.3 Å². The average Bonchev–Trinajstić information content (AvgIpc) is 3.34. The van der Waals surface area contributed by atoms with Crippen molar-refractivity contribution in [2.24, 2.45) is 0 Å². The van der Waals surface area contributed by atoms with E-state index in [1.165, 1.54) is 11.3 Å².